The predicted molar refractivity (Wildman–Crippen MR) is 67.1 cm³/mol. The molecule has 4 heteroatoms. The number of carbonyl (C=O) groups excluding carboxylic acids is 1. The van der Waals surface area contributed by atoms with Gasteiger partial charge >= 0.3 is 0 Å². The molecular formula is C13H20N2O2. The first-order chi connectivity index (χ1) is 8.26. The second kappa shape index (κ2) is 7.92. The fraction of sp³-hybridized carbons (Fsp3) is 0.538. The minimum atomic E-state index is 0.151. The van der Waals surface area contributed by atoms with Crippen LogP contribution in [0.25, 0.3) is 0 Å². The fourth-order valence-corrected chi connectivity index (χ4v) is 1.44. The summed E-state index contributed by atoms with van der Waals surface area (Å²) in [6.45, 7) is 3.78. The molecule has 0 saturated heterocycles. The molecule has 0 spiro atoms. The topological polar surface area (TPSA) is 51.2 Å². The molecule has 0 aliphatic heterocycles. The zero-order valence-electron chi connectivity index (χ0n) is 10.5. The highest BCUT2D eigenvalue weighted by molar-refractivity contribution is 5.82. The molecule has 0 amide bonds. The van der Waals surface area contributed by atoms with E-state index in [1.54, 1.807) is 7.11 Å². The summed E-state index contributed by atoms with van der Waals surface area (Å²) < 4.78 is 4.88. The number of nitrogens with one attached hydrogen (secondary N) is 1. The molecule has 0 bridgehead atoms. The highest BCUT2D eigenvalue weighted by Crippen LogP contribution is 2.01. The lowest BCUT2D eigenvalue weighted by Gasteiger charge is -2.04. The van der Waals surface area contributed by atoms with Crippen molar-refractivity contribution < 1.29 is 9.53 Å². The lowest BCUT2D eigenvalue weighted by molar-refractivity contribution is -0.117. The average molecular weight is 236 g/mol. The van der Waals surface area contributed by atoms with Crippen molar-refractivity contribution in [1.29, 1.82) is 0 Å². The van der Waals surface area contributed by atoms with Crippen molar-refractivity contribution in [3.05, 3.63) is 29.6 Å². The maximum Gasteiger partial charge on any atom is 0.152 e. The molecule has 17 heavy (non-hydrogen) atoms. The molecule has 0 radical (unpaired) electrons. The van der Waals surface area contributed by atoms with E-state index in [0.29, 0.717) is 26.1 Å². The molecule has 1 N–H and O–H groups in total. The van der Waals surface area contributed by atoms with Gasteiger partial charge in [0.05, 0.1) is 19.6 Å². The van der Waals surface area contributed by atoms with Gasteiger partial charge in [-0.1, -0.05) is 13.0 Å². The monoisotopic (exact) mass is 236 g/mol. The van der Waals surface area contributed by atoms with E-state index < -0.39 is 0 Å². The largest absolute Gasteiger partial charge is 0.383 e. The highest BCUT2D eigenvalue weighted by atomic mass is 16.5. The number of methoxy groups -OCH3 is 1. The standard InChI is InChI=1S/C13H20N2O2/c1-3-11-4-5-12(15-9-11)8-13(16)10-14-6-7-17-2/h4-5,9,14H,3,6-8,10H2,1-2H3. The summed E-state index contributed by atoms with van der Waals surface area (Å²) >= 11 is 0. The summed E-state index contributed by atoms with van der Waals surface area (Å²) in [4.78, 5) is 15.8. The van der Waals surface area contributed by atoms with E-state index in [4.69, 9.17) is 4.74 Å². The molecule has 0 unspecified atom stereocenters. The Morgan fingerprint density at radius 3 is 2.88 bits per heavy atom. The van der Waals surface area contributed by atoms with Crippen molar-refractivity contribution in [2.24, 2.45) is 0 Å². The molecular weight excluding hydrogens is 216 g/mol. The molecule has 0 fully saturated rings. The molecule has 0 atom stereocenters. The number of Topliss-reactive ketones (excluding diaryl/α,β-unsaturated/α-hetero) is 1. The van der Waals surface area contributed by atoms with Crippen LogP contribution in [0.5, 0.6) is 0 Å². The minimum Gasteiger partial charge on any atom is -0.383 e. The summed E-state index contributed by atoms with van der Waals surface area (Å²) in [6.07, 6.45) is 3.20. The molecule has 1 rings (SSSR count). The number of hydrogen-bond donors (Lipinski definition) is 1. The number of nitrogens with zero attached hydrogens (tertiary/aromatic N) is 1. The Kier molecular flexibility index (Phi) is 6.43. The quantitative estimate of drug-likeness (QED) is 0.684. The van der Waals surface area contributed by atoms with E-state index in [2.05, 4.69) is 17.2 Å². The van der Waals surface area contributed by atoms with Crippen LogP contribution in [0.3, 0.4) is 0 Å². The molecule has 0 aliphatic rings. The van der Waals surface area contributed by atoms with Crippen molar-refractivity contribution in [3.8, 4) is 0 Å². The zero-order chi connectivity index (χ0) is 12.5. The molecule has 4 nitrogen and oxygen atoms in total. The summed E-state index contributed by atoms with van der Waals surface area (Å²) in [5.74, 6) is 0.151. The van der Waals surface area contributed by atoms with Crippen LogP contribution >= 0.6 is 0 Å². The van der Waals surface area contributed by atoms with Crippen LogP contribution < -0.4 is 5.32 Å². The van der Waals surface area contributed by atoms with Crippen LogP contribution in [-0.4, -0.2) is 37.6 Å². The Bertz CT molecular complexity index is 336. The van der Waals surface area contributed by atoms with Crippen LogP contribution in [-0.2, 0) is 22.4 Å². The van der Waals surface area contributed by atoms with E-state index in [1.165, 1.54) is 5.56 Å². The molecule has 0 aliphatic carbocycles. The van der Waals surface area contributed by atoms with Crippen LogP contribution in [0, 0.1) is 0 Å². The maximum atomic E-state index is 11.6. The molecule has 1 heterocycles. The second-order valence-electron chi connectivity index (χ2n) is 3.90. The van der Waals surface area contributed by atoms with E-state index in [9.17, 15) is 4.79 Å². The lowest BCUT2D eigenvalue weighted by atomic mass is 10.1. The third kappa shape index (κ3) is 5.56. The SMILES string of the molecule is CCc1ccc(CC(=O)CNCCOC)nc1. The summed E-state index contributed by atoms with van der Waals surface area (Å²) in [7, 11) is 1.64. The molecule has 1 aromatic heterocycles. The fourth-order valence-electron chi connectivity index (χ4n) is 1.44. The van der Waals surface area contributed by atoms with Gasteiger partial charge in [-0.15, -0.1) is 0 Å². The minimum absolute atomic E-state index is 0.151. The van der Waals surface area contributed by atoms with Crippen LogP contribution in [0.4, 0.5) is 0 Å². The number of rotatable bonds is 8. The van der Waals surface area contributed by atoms with Gasteiger partial charge in [0.1, 0.15) is 0 Å². The maximum absolute atomic E-state index is 11.6. The number of pyridine rings is 1. The molecule has 94 valence electrons. The second-order valence-corrected chi connectivity index (χ2v) is 3.90. The Morgan fingerprint density at radius 1 is 1.47 bits per heavy atom. The Balaban J connectivity index is 2.29. The van der Waals surface area contributed by atoms with Gasteiger partial charge in [-0.25, -0.2) is 0 Å². The third-order valence-electron chi connectivity index (χ3n) is 2.48. The first kappa shape index (κ1) is 13.8. The summed E-state index contributed by atoms with van der Waals surface area (Å²) in [5.41, 5.74) is 2.03. The van der Waals surface area contributed by atoms with Gasteiger partial charge < -0.3 is 10.1 Å². The molecule has 0 aromatic carbocycles. The summed E-state index contributed by atoms with van der Waals surface area (Å²) in [5, 5.41) is 3.03. The highest BCUT2D eigenvalue weighted by Gasteiger charge is 2.04. The number of aryl methyl sites for hydroxylation is 1. The molecule has 1 aromatic rings. The van der Waals surface area contributed by atoms with Gasteiger partial charge in [0.25, 0.3) is 0 Å². The van der Waals surface area contributed by atoms with Crippen LogP contribution in [0.15, 0.2) is 18.3 Å². The van der Waals surface area contributed by atoms with Gasteiger partial charge in [0.2, 0.25) is 0 Å². The first-order valence-corrected chi connectivity index (χ1v) is 5.91. The number of aromatic nitrogens is 1. The smallest absolute Gasteiger partial charge is 0.152 e. The van der Waals surface area contributed by atoms with Gasteiger partial charge in [-0.2, -0.15) is 0 Å². The third-order valence-corrected chi connectivity index (χ3v) is 2.48. The Labute approximate surface area is 102 Å². The average Bonchev–Trinajstić information content (AvgIpc) is 2.36. The lowest BCUT2D eigenvalue weighted by Crippen LogP contribution is -2.27. The van der Waals surface area contributed by atoms with Crippen molar-refractivity contribution in [3.63, 3.8) is 0 Å². The zero-order valence-corrected chi connectivity index (χ0v) is 10.5. The summed E-state index contributed by atoms with van der Waals surface area (Å²) in [6, 6.07) is 3.94. The molecule has 0 saturated carbocycles. The van der Waals surface area contributed by atoms with Gasteiger partial charge in [-0.05, 0) is 18.1 Å². The predicted octanol–water partition coefficient (Wildman–Crippen LogP) is 0.992. The first-order valence-electron chi connectivity index (χ1n) is 5.91. The van der Waals surface area contributed by atoms with Gasteiger partial charge in [-0.3, -0.25) is 9.78 Å². The van der Waals surface area contributed by atoms with Crippen LogP contribution in [0.1, 0.15) is 18.2 Å². The number of ether oxygens (including phenoxy) is 1. The number of carbonyl (C=O) groups is 1. The van der Waals surface area contributed by atoms with E-state index in [1.807, 2.05) is 18.3 Å². The van der Waals surface area contributed by atoms with E-state index in [0.717, 1.165) is 12.1 Å². The van der Waals surface area contributed by atoms with Crippen molar-refractivity contribution in [1.82, 2.24) is 10.3 Å². The normalized spacial score (nSPS) is 10.5. The number of hydrogen-bond acceptors (Lipinski definition) is 4. The van der Waals surface area contributed by atoms with E-state index >= 15 is 0 Å². The Hall–Kier alpha value is -1.26. The number of ketones is 1. The van der Waals surface area contributed by atoms with Gasteiger partial charge in [0, 0.05) is 25.5 Å². The van der Waals surface area contributed by atoms with Crippen molar-refractivity contribution >= 4 is 5.78 Å². The van der Waals surface area contributed by atoms with Crippen molar-refractivity contribution in [2.75, 3.05) is 26.8 Å². The Morgan fingerprint density at radius 2 is 2.29 bits per heavy atom. The van der Waals surface area contributed by atoms with E-state index in [-0.39, 0.29) is 5.78 Å². The van der Waals surface area contributed by atoms with Crippen LogP contribution in [0.2, 0.25) is 0 Å². The van der Waals surface area contributed by atoms with Crippen molar-refractivity contribution in [2.45, 2.75) is 19.8 Å². The van der Waals surface area contributed by atoms with Gasteiger partial charge in [0.15, 0.2) is 5.78 Å².